The molecule has 1 aromatic heterocycles. The van der Waals surface area contributed by atoms with Crippen LogP contribution in [0.2, 0.25) is 0 Å². The van der Waals surface area contributed by atoms with E-state index in [0.717, 1.165) is 6.42 Å². The number of rotatable bonds is 5. The number of hydrogen-bond donors (Lipinski definition) is 0. The van der Waals surface area contributed by atoms with Crippen LogP contribution in [-0.2, 0) is 9.05 Å². The van der Waals surface area contributed by atoms with Crippen LogP contribution in [0.15, 0.2) is 47.5 Å². The summed E-state index contributed by atoms with van der Waals surface area (Å²) in [4.78, 5) is 3.88. The lowest BCUT2D eigenvalue weighted by molar-refractivity contribution is 0.461. The predicted octanol–water partition coefficient (Wildman–Crippen LogP) is 4.31. The molecule has 4 nitrogen and oxygen atoms in total. The van der Waals surface area contributed by atoms with Gasteiger partial charge in [0.15, 0.2) is 0 Å². The molecule has 0 bridgehead atoms. The smallest absolute Gasteiger partial charge is 0.262 e. The van der Waals surface area contributed by atoms with Gasteiger partial charge in [0.05, 0.1) is 6.20 Å². The molecule has 2 aromatic rings. The molecule has 6 heteroatoms. The molecule has 0 spiro atoms. The average Bonchev–Trinajstić information content (AvgIpc) is 2.47. The van der Waals surface area contributed by atoms with E-state index in [0.29, 0.717) is 17.5 Å². The Hall–Kier alpha value is -1.59. The molecule has 2 rings (SSSR count). The second-order valence-corrected chi connectivity index (χ2v) is 7.32. The van der Waals surface area contributed by atoms with Gasteiger partial charge in [0, 0.05) is 16.7 Å². The maximum absolute atomic E-state index is 11.1. The zero-order chi connectivity index (χ0) is 15.5. The minimum atomic E-state index is -3.76. The molecule has 0 aliphatic heterocycles. The summed E-state index contributed by atoms with van der Waals surface area (Å²) >= 11 is 0. The van der Waals surface area contributed by atoms with Gasteiger partial charge < -0.3 is 4.74 Å². The number of aromatic nitrogens is 1. The highest BCUT2D eigenvalue weighted by Gasteiger charge is 2.10. The van der Waals surface area contributed by atoms with Gasteiger partial charge in [-0.25, -0.2) is 13.4 Å². The minimum absolute atomic E-state index is 0.0522. The summed E-state index contributed by atoms with van der Waals surface area (Å²) in [5.41, 5.74) is 1.25. The van der Waals surface area contributed by atoms with Gasteiger partial charge in [-0.15, -0.1) is 0 Å². The highest BCUT2D eigenvalue weighted by molar-refractivity contribution is 8.13. The predicted molar refractivity (Wildman–Crippen MR) is 82.5 cm³/mol. The van der Waals surface area contributed by atoms with Crippen LogP contribution < -0.4 is 4.74 Å². The molecule has 0 N–H and O–H groups in total. The van der Waals surface area contributed by atoms with Crippen molar-refractivity contribution in [2.24, 2.45) is 0 Å². The Balaban J connectivity index is 2.11. The lowest BCUT2D eigenvalue weighted by Crippen LogP contribution is -1.94. The van der Waals surface area contributed by atoms with E-state index in [1.807, 2.05) is 24.3 Å². The Morgan fingerprint density at radius 3 is 2.33 bits per heavy atom. The summed E-state index contributed by atoms with van der Waals surface area (Å²) in [6.45, 7) is 4.31. The number of nitrogens with zero attached hydrogens (tertiary/aromatic N) is 1. The quantitative estimate of drug-likeness (QED) is 0.768. The van der Waals surface area contributed by atoms with Crippen molar-refractivity contribution in [3.8, 4) is 11.6 Å². The molecule has 0 saturated heterocycles. The zero-order valence-electron chi connectivity index (χ0n) is 11.8. The van der Waals surface area contributed by atoms with Crippen LogP contribution in [0.3, 0.4) is 0 Å². The molecule has 0 saturated carbocycles. The summed E-state index contributed by atoms with van der Waals surface area (Å²) in [7, 11) is 1.47. The van der Waals surface area contributed by atoms with E-state index in [1.54, 1.807) is 0 Å². The van der Waals surface area contributed by atoms with Gasteiger partial charge in [0.1, 0.15) is 10.6 Å². The monoisotopic (exact) mass is 325 g/mol. The fraction of sp³-hybridized carbons (Fsp3) is 0.267. The van der Waals surface area contributed by atoms with Crippen molar-refractivity contribution in [1.29, 1.82) is 0 Å². The topological polar surface area (TPSA) is 56.3 Å². The Kier molecular flexibility index (Phi) is 4.85. The first-order valence-electron chi connectivity index (χ1n) is 6.58. The standard InChI is InChI=1S/C15H16ClNO3S/c1-3-11(2)12-4-6-13(7-5-12)20-15-9-8-14(10-17-15)21(16,18)19/h4-11H,3H2,1-2H3. The summed E-state index contributed by atoms with van der Waals surface area (Å²) in [6, 6.07) is 10.6. The summed E-state index contributed by atoms with van der Waals surface area (Å²) in [5, 5.41) is 0. The lowest BCUT2D eigenvalue weighted by atomic mass is 9.99. The van der Waals surface area contributed by atoms with Crippen LogP contribution in [0.4, 0.5) is 0 Å². The molecule has 0 amide bonds. The number of hydrogen-bond acceptors (Lipinski definition) is 4. The maximum Gasteiger partial charge on any atom is 0.262 e. The van der Waals surface area contributed by atoms with Gasteiger partial charge in [0.2, 0.25) is 5.88 Å². The van der Waals surface area contributed by atoms with Crippen molar-refractivity contribution < 1.29 is 13.2 Å². The highest BCUT2D eigenvalue weighted by Crippen LogP contribution is 2.25. The van der Waals surface area contributed by atoms with Crippen LogP contribution in [0.5, 0.6) is 11.6 Å². The third kappa shape index (κ3) is 4.19. The lowest BCUT2D eigenvalue weighted by Gasteiger charge is -2.10. The summed E-state index contributed by atoms with van der Waals surface area (Å²) in [5.74, 6) is 1.47. The fourth-order valence-corrected chi connectivity index (χ4v) is 2.48. The zero-order valence-corrected chi connectivity index (χ0v) is 13.4. The van der Waals surface area contributed by atoms with Crippen LogP contribution in [0, 0.1) is 0 Å². The first-order chi connectivity index (χ1) is 9.90. The third-order valence-electron chi connectivity index (χ3n) is 3.27. The molecular formula is C15H16ClNO3S. The first kappa shape index (κ1) is 15.8. The van der Waals surface area contributed by atoms with E-state index >= 15 is 0 Å². The highest BCUT2D eigenvalue weighted by atomic mass is 35.7. The summed E-state index contributed by atoms with van der Waals surface area (Å²) < 4.78 is 27.8. The second kappa shape index (κ2) is 6.45. The molecule has 0 aliphatic rings. The molecule has 21 heavy (non-hydrogen) atoms. The van der Waals surface area contributed by atoms with Gasteiger partial charge in [-0.05, 0) is 36.1 Å². The number of halogens is 1. The van der Waals surface area contributed by atoms with Gasteiger partial charge >= 0.3 is 0 Å². The maximum atomic E-state index is 11.1. The number of ether oxygens (including phenoxy) is 1. The Labute approximate surface area is 129 Å². The van der Waals surface area contributed by atoms with Crippen molar-refractivity contribution in [3.05, 3.63) is 48.2 Å². The van der Waals surface area contributed by atoms with Gasteiger partial charge in [-0.1, -0.05) is 26.0 Å². The fourth-order valence-electron chi connectivity index (χ4n) is 1.79. The number of benzene rings is 1. The van der Waals surface area contributed by atoms with E-state index in [4.69, 9.17) is 15.4 Å². The largest absolute Gasteiger partial charge is 0.439 e. The molecule has 1 unspecified atom stereocenters. The normalized spacial score (nSPS) is 12.9. The first-order valence-corrected chi connectivity index (χ1v) is 8.89. The molecule has 112 valence electrons. The van der Waals surface area contributed by atoms with Crippen molar-refractivity contribution in [2.75, 3.05) is 0 Å². The van der Waals surface area contributed by atoms with E-state index in [9.17, 15) is 8.42 Å². The van der Waals surface area contributed by atoms with Gasteiger partial charge in [0.25, 0.3) is 9.05 Å². The number of pyridine rings is 1. The Morgan fingerprint density at radius 1 is 1.19 bits per heavy atom. The molecule has 1 atom stereocenters. The SMILES string of the molecule is CCC(C)c1ccc(Oc2ccc(S(=O)(=O)Cl)cn2)cc1. The summed E-state index contributed by atoms with van der Waals surface area (Å²) in [6.07, 6.45) is 2.25. The van der Waals surface area contributed by atoms with Gasteiger partial charge in [-0.2, -0.15) is 0 Å². The average molecular weight is 326 g/mol. The van der Waals surface area contributed by atoms with E-state index in [-0.39, 0.29) is 4.90 Å². The molecule has 1 aromatic carbocycles. The van der Waals surface area contributed by atoms with Crippen LogP contribution in [-0.4, -0.2) is 13.4 Å². The van der Waals surface area contributed by atoms with Crippen molar-refractivity contribution in [3.63, 3.8) is 0 Å². The van der Waals surface area contributed by atoms with E-state index < -0.39 is 9.05 Å². The minimum Gasteiger partial charge on any atom is -0.439 e. The molecule has 0 radical (unpaired) electrons. The van der Waals surface area contributed by atoms with E-state index in [1.165, 1.54) is 23.9 Å². The van der Waals surface area contributed by atoms with Crippen molar-refractivity contribution >= 4 is 19.7 Å². The second-order valence-electron chi connectivity index (χ2n) is 4.75. The van der Waals surface area contributed by atoms with Gasteiger partial charge in [-0.3, -0.25) is 0 Å². The van der Waals surface area contributed by atoms with Crippen LogP contribution >= 0.6 is 10.7 Å². The van der Waals surface area contributed by atoms with Crippen LogP contribution in [0.1, 0.15) is 31.7 Å². The third-order valence-corrected chi connectivity index (χ3v) is 4.61. The molecule has 1 heterocycles. The Bertz CT molecular complexity index is 697. The van der Waals surface area contributed by atoms with Crippen LogP contribution in [0.25, 0.3) is 0 Å². The van der Waals surface area contributed by atoms with E-state index in [2.05, 4.69) is 18.8 Å². The van der Waals surface area contributed by atoms with Crippen molar-refractivity contribution in [2.45, 2.75) is 31.1 Å². The van der Waals surface area contributed by atoms with Crippen molar-refractivity contribution in [1.82, 2.24) is 4.98 Å². The Morgan fingerprint density at radius 2 is 1.86 bits per heavy atom. The molecule has 0 fully saturated rings. The molecule has 0 aliphatic carbocycles. The molecular weight excluding hydrogens is 310 g/mol.